The van der Waals surface area contributed by atoms with Gasteiger partial charge in [0.1, 0.15) is 0 Å². The van der Waals surface area contributed by atoms with Crippen LogP contribution in [0.5, 0.6) is 0 Å². The predicted octanol–water partition coefficient (Wildman–Crippen LogP) is 2.99. The maximum absolute atomic E-state index is 13.1. The summed E-state index contributed by atoms with van der Waals surface area (Å²) in [5, 5.41) is 0. The van der Waals surface area contributed by atoms with Crippen molar-refractivity contribution >= 4 is 0 Å². The Balaban J connectivity index is 2.36. The van der Waals surface area contributed by atoms with Crippen LogP contribution in [0, 0.1) is 0 Å². The molecule has 0 radical (unpaired) electrons. The van der Waals surface area contributed by atoms with Crippen LogP contribution in [0.2, 0.25) is 0 Å². The summed E-state index contributed by atoms with van der Waals surface area (Å²) in [7, 11) is 0. The van der Waals surface area contributed by atoms with Gasteiger partial charge in [0.25, 0.3) is 0 Å². The summed E-state index contributed by atoms with van der Waals surface area (Å²) >= 11 is 0. The van der Waals surface area contributed by atoms with Crippen molar-refractivity contribution in [3.8, 4) is 0 Å². The van der Waals surface area contributed by atoms with Crippen LogP contribution in [0.3, 0.4) is 0 Å². The van der Waals surface area contributed by atoms with Crippen LogP contribution in [0.15, 0.2) is 24.3 Å². The second kappa shape index (κ2) is 3.45. The molecule has 1 aromatic rings. The van der Waals surface area contributed by atoms with Crippen molar-refractivity contribution in [3.63, 3.8) is 0 Å². The number of nitrogens with two attached hydrogens (primary N) is 1. The first-order valence-corrected chi connectivity index (χ1v) is 4.92. The normalized spacial score (nSPS) is 18.9. The molecule has 0 bridgehead atoms. The zero-order valence-electron chi connectivity index (χ0n) is 8.39. The van der Waals surface area contributed by atoms with Gasteiger partial charge in [-0.15, -0.1) is 0 Å². The standard InChI is InChI=1S/C11H11F4N/c12-9(13)11(14,15)8-3-1-2-7(6-8)10(16)4-5-10/h1-3,6,9H,4-5,16H2. The molecule has 0 saturated heterocycles. The Morgan fingerprint density at radius 1 is 1.25 bits per heavy atom. The van der Waals surface area contributed by atoms with Gasteiger partial charge >= 0.3 is 12.3 Å². The summed E-state index contributed by atoms with van der Waals surface area (Å²) < 4.78 is 50.5. The molecule has 16 heavy (non-hydrogen) atoms. The SMILES string of the molecule is NC1(c2cccc(C(F)(F)C(F)F)c2)CC1. The molecule has 1 nitrogen and oxygen atoms in total. The van der Waals surface area contributed by atoms with Gasteiger partial charge < -0.3 is 5.73 Å². The quantitative estimate of drug-likeness (QED) is 0.798. The van der Waals surface area contributed by atoms with Gasteiger partial charge in [-0.1, -0.05) is 18.2 Å². The minimum Gasteiger partial charge on any atom is -0.321 e. The summed E-state index contributed by atoms with van der Waals surface area (Å²) in [4.78, 5) is 0. The van der Waals surface area contributed by atoms with E-state index >= 15 is 0 Å². The minimum atomic E-state index is -4.11. The van der Waals surface area contributed by atoms with Crippen molar-refractivity contribution in [1.82, 2.24) is 0 Å². The molecular weight excluding hydrogens is 222 g/mol. The number of rotatable bonds is 3. The van der Waals surface area contributed by atoms with Crippen LogP contribution < -0.4 is 5.73 Å². The molecule has 0 aromatic heterocycles. The summed E-state index contributed by atoms with van der Waals surface area (Å²) in [5.74, 6) is -4.11. The van der Waals surface area contributed by atoms with Crippen LogP contribution in [-0.2, 0) is 11.5 Å². The van der Waals surface area contributed by atoms with E-state index in [1.54, 1.807) is 6.07 Å². The Hall–Kier alpha value is -1.10. The second-order valence-electron chi connectivity index (χ2n) is 4.16. The van der Waals surface area contributed by atoms with Gasteiger partial charge in [-0.05, 0) is 24.5 Å². The second-order valence-corrected chi connectivity index (χ2v) is 4.16. The van der Waals surface area contributed by atoms with E-state index in [-0.39, 0.29) is 0 Å². The van der Waals surface area contributed by atoms with Gasteiger partial charge in [-0.3, -0.25) is 0 Å². The lowest BCUT2D eigenvalue weighted by molar-refractivity contribution is -0.135. The molecule has 2 N–H and O–H groups in total. The highest BCUT2D eigenvalue weighted by Crippen LogP contribution is 2.44. The maximum atomic E-state index is 13.1. The average Bonchev–Trinajstić information content (AvgIpc) is 2.98. The van der Waals surface area contributed by atoms with E-state index in [1.807, 2.05) is 0 Å². The molecule has 0 heterocycles. The Labute approximate surface area is 90.3 Å². The molecule has 1 aliphatic rings. The summed E-state index contributed by atoms with van der Waals surface area (Å²) in [6.07, 6.45) is -2.29. The Morgan fingerprint density at radius 3 is 2.38 bits per heavy atom. The monoisotopic (exact) mass is 233 g/mol. The highest BCUT2D eigenvalue weighted by atomic mass is 19.3. The lowest BCUT2D eigenvalue weighted by atomic mass is 10.00. The van der Waals surface area contributed by atoms with Crippen LogP contribution in [0.1, 0.15) is 24.0 Å². The van der Waals surface area contributed by atoms with E-state index in [1.165, 1.54) is 6.07 Å². The van der Waals surface area contributed by atoms with Crippen LogP contribution in [0.4, 0.5) is 17.6 Å². The summed E-state index contributed by atoms with van der Waals surface area (Å²) in [6.45, 7) is 0. The van der Waals surface area contributed by atoms with E-state index in [2.05, 4.69) is 0 Å². The van der Waals surface area contributed by atoms with Crippen molar-refractivity contribution in [2.45, 2.75) is 30.7 Å². The third-order valence-electron chi connectivity index (χ3n) is 2.89. The van der Waals surface area contributed by atoms with E-state index in [4.69, 9.17) is 5.73 Å². The largest absolute Gasteiger partial charge is 0.332 e. The number of hydrogen-bond acceptors (Lipinski definition) is 1. The topological polar surface area (TPSA) is 26.0 Å². The average molecular weight is 233 g/mol. The van der Waals surface area contributed by atoms with Crippen molar-refractivity contribution in [3.05, 3.63) is 35.4 Å². The maximum Gasteiger partial charge on any atom is 0.332 e. The Morgan fingerprint density at radius 2 is 1.88 bits per heavy atom. The third kappa shape index (κ3) is 1.80. The third-order valence-corrected chi connectivity index (χ3v) is 2.89. The molecule has 0 aliphatic heterocycles. The van der Waals surface area contributed by atoms with Gasteiger partial charge in [-0.25, -0.2) is 8.78 Å². The molecule has 0 atom stereocenters. The molecule has 0 amide bonds. The molecule has 1 saturated carbocycles. The van der Waals surface area contributed by atoms with Gasteiger partial charge in [0.2, 0.25) is 0 Å². The van der Waals surface area contributed by atoms with Crippen molar-refractivity contribution in [2.24, 2.45) is 5.73 Å². The molecule has 1 aliphatic carbocycles. The smallest absolute Gasteiger partial charge is 0.321 e. The molecule has 1 fully saturated rings. The van der Waals surface area contributed by atoms with Gasteiger partial charge in [0, 0.05) is 11.1 Å². The zero-order chi connectivity index (χ0) is 12.0. The Kier molecular flexibility index (Phi) is 2.45. The fraction of sp³-hybridized carbons (Fsp3) is 0.455. The summed E-state index contributed by atoms with van der Waals surface area (Å²) in [5.41, 5.74) is 5.07. The van der Waals surface area contributed by atoms with E-state index in [0.29, 0.717) is 18.4 Å². The molecular formula is C11H11F4N. The first-order valence-electron chi connectivity index (χ1n) is 4.92. The fourth-order valence-corrected chi connectivity index (χ4v) is 1.59. The van der Waals surface area contributed by atoms with E-state index < -0.39 is 23.5 Å². The molecule has 5 heteroatoms. The number of hydrogen-bond donors (Lipinski definition) is 1. The van der Waals surface area contributed by atoms with Crippen LogP contribution in [-0.4, -0.2) is 6.43 Å². The molecule has 0 spiro atoms. The molecule has 0 unspecified atom stereocenters. The van der Waals surface area contributed by atoms with Gasteiger partial charge in [-0.2, -0.15) is 8.78 Å². The van der Waals surface area contributed by atoms with Gasteiger partial charge in [0.15, 0.2) is 0 Å². The fourth-order valence-electron chi connectivity index (χ4n) is 1.59. The molecule has 1 aromatic carbocycles. The van der Waals surface area contributed by atoms with Crippen LogP contribution >= 0.6 is 0 Å². The highest BCUT2D eigenvalue weighted by molar-refractivity contribution is 5.35. The lowest BCUT2D eigenvalue weighted by Crippen LogP contribution is -2.25. The minimum absolute atomic E-state index is 0.505. The van der Waals surface area contributed by atoms with E-state index in [0.717, 1.165) is 12.1 Å². The predicted molar refractivity (Wildman–Crippen MR) is 51.4 cm³/mol. The molecule has 88 valence electrons. The number of halogens is 4. The van der Waals surface area contributed by atoms with E-state index in [9.17, 15) is 17.6 Å². The Bertz CT molecular complexity index is 399. The van der Waals surface area contributed by atoms with Crippen molar-refractivity contribution in [1.29, 1.82) is 0 Å². The zero-order valence-corrected chi connectivity index (χ0v) is 8.39. The van der Waals surface area contributed by atoms with Crippen LogP contribution in [0.25, 0.3) is 0 Å². The molecule has 2 rings (SSSR count). The van der Waals surface area contributed by atoms with Crippen molar-refractivity contribution in [2.75, 3.05) is 0 Å². The summed E-state index contributed by atoms with van der Waals surface area (Å²) in [6, 6.07) is 5.02. The van der Waals surface area contributed by atoms with Gasteiger partial charge in [0.05, 0.1) is 0 Å². The number of benzene rings is 1. The number of alkyl halides is 4. The first-order chi connectivity index (χ1) is 7.36. The van der Waals surface area contributed by atoms with Crippen molar-refractivity contribution < 1.29 is 17.6 Å². The lowest BCUT2D eigenvalue weighted by Gasteiger charge is -2.18. The first kappa shape index (κ1) is 11.4. The highest BCUT2D eigenvalue weighted by Gasteiger charge is 2.45.